The average Bonchev–Trinajstić information content (AvgIpc) is 3.40. The van der Waals surface area contributed by atoms with Gasteiger partial charge in [0.05, 0.1) is 6.54 Å². The first-order valence-corrected chi connectivity index (χ1v) is 10.8. The number of alkyl halides is 3. The Kier molecular flexibility index (Phi) is 5.58. The highest BCUT2D eigenvalue weighted by atomic mass is 32.2. The van der Waals surface area contributed by atoms with Crippen molar-refractivity contribution in [3.8, 4) is 0 Å². The van der Waals surface area contributed by atoms with E-state index in [1.54, 1.807) is 0 Å². The van der Waals surface area contributed by atoms with Crippen molar-refractivity contribution in [1.29, 1.82) is 0 Å². The highest BCUT2D eigenvalue weighted by molar-refractivity contribution is 7.83. The Morgan fingerprint density at radius 1 is 1.20 bits per heavy atom. The lowest BCUT2D eigenvalue weighted by molar-refractivity contribution is -0.208. The zero-order chi connectivity index (χ0) is 21.5. The molecular formula is C19H21F3N4O3S. The summed E-state index contributed by atoms with van der Waals surface area (Å²) < 4.78 is 52.9. The molecule has 2 aliphatic carbocycles. The van der Waals surface area contributed by atoms with Crippen LogP contribution in [0.25, 0.3) is 0 Å². The molecule has 0 radical (unpaired) electrons. The number of aromatic nitrogens is 2. The Morgan fingerprint density at radius 2 is 1.83 bits per heavy atom. The van der Waals surface area contributed by atoms with Gasteiger partial charge in [-0.25, -0.2) is 9.00 Å². The number of aryl methyl sites for hydroxylation is 2. The van der Waals surface area contributed by atoms with Crippen molar-refractivity contribution < 1.29 is 27.3 Å². The van der Waals surface area contributed by atoms with Crippen molar-refractivity contribution in [2.75, 3.05) is 5.32 Å². The second-order valence-corrected chi connectivity index (χ2v) is 8.65. The zero-order valence-corrected chi connectivity index (χ0v) is 16.8. The summed E-state index contributed by atoms with van der Waals surface area (Å²) in [4.78, 5) is 12.5. The number of nitrogens with zero attached hydrogens (tertiary/aromatic N) is 2. The van der Waals surface area contributed by atoms with Gasteiger partial charge in [-0.2, -0.15) is 18.3 Å². The van der Waals surface area contributed by atoms with E-state index >= 15 is 0 Å². The van der Waals surface area contributed by atoms with Crippen LogP contribution in [-0.2, 0) is 43.2 Å². The van der Waals surface area contributed by atoms with E-state index in [0.717, 1.165) is 60.0 Å². The van der Waals surface area contributed by atoms with Gasteiger partial charge in [-0.1, -0.05) is 6.07 Å². The third-order valence-electron chi connectivity index (χ3n) is 5.44. The van der Waals surface area contributed by atoms with E-state index in [9.17, 15) is 22.2 Å². The van der Waals surface area contributed by atoms with E-state index < -0.39 is 35.8 Å². The number of rotatable bonds is 5. The number of amides is 2. The minimum Gasteiger partial charge on any atom is -0.382 e. The van der Waals surface area contributed by atoms with Crippen LogP contribution in [-0.4, -0.2) is 37.4 Å². The van der Waals surface area contributed by atoms with Crippen LogP contribution in [0.1, 0.15) is 35.1 Å². The normalized spacial score (nSPS) is 17.3. The van der Waals surface area contributed by atoms with Crippen molar-refractivity contribution in [1.82, 2.24) is 14.5 Å². The lowest BCUT2D eigenvalue weighted by atomic mass is 9.99. The Balaban J connectivity index is 1.43. The van der Waals surface area contributed by atoms with Gasteiger partial charge in [0.15, 0.2) is 22.1 Å². The molecule has 0 saturated carbocycles. The van der Waals surface area contributed by atoms with E-state index in [-0.39, 0.29) is 5.03 Å². The predicted molar refractivity (Wildman–Crippen MR) is 103 cm³/mol. The molecule has 4 rings (SSSR count). The van der Waals surface area contributed by atoms with Gasteiger partial charge in [0, 0.05) is 11.9 Å². The van der Waals surface area contributed by atoms with Gasteiger partial charge in [-0.15, -0.1) is 0 Å². The quantitative estimate of drug-likeness (QED) is 0.663. The molecule has 3 N–H and O–H groups in total. The van der Waals surface area contributed by atoms with Gasteiger partial charge in [0.2, 0.25) is 0 Å². The molecule has 2 aromatic rings. The zero-order valence-electron chi connectivity index (χ0n) is 16.0. The van der Waals surface area contributed by atoms with Crippen molar-refractivity contribution in [3.05, 3.63) is 40.6 Å². The molecule has 2 atom stereocenters. The molecule has 11 heteroatoms. The summed E-state index contributed by atoms with van der Waals surface area (Å²) in [5.74, 6) is 0. The number of fused-ring (bicyclic) bond motifs is 2. The maximum Gasteiger partial charge on any atom is 0.416 e. The van der Waals surface area contributed by atoms with Gasteiger partial charge in [0.25, 0.3) is 0 Å². The Bertz CT molecular complexity index is 973. The number of hydrogen-bond donors (Lipinski definition) is 3. The summed E-state index contributed by atoms with van der Waals surface area (Å²) in [6.45, 7) is -0.824. The largest absolute Gasteiger partial charge is 0.416 e. The third kappa shape index (κ3) is 4.22. The SMILES string of the molecule is O=C(Nc1c2c(cc3c1CCC3)CCC2)NS(=O)c1ccn(CC(O)C(F)(F)F)n1. The fraction of sp³-hybridized carbons (Fsp3) is 0.474. The number of anilines is 1. The minimum absolute atomic E-state index is 0.108. The molecule has 2 amide bonds. The van der Waals surface area contributed by atoms with Crippen LogP contribution >= 0.6 is 0 Å². The maximum absolute atomic E-state index is 12.5. The molecule has 0 aliphatic heterocycles. The van der Waals surface area contributed by atoms with Crippen LogP contribution in [0.3, 0.4) is 0 Å². The van der Waals surface area contributed by atoms with Crippen LogP contribution in [0, 0.1) is 0 Å². The van der Waals surface area contributed by atoms with Crippen LogP contribution in [0.5, 0.6) is 0 Å². The van der Waals surface area contributed by atoms with E-state index in [1.165, 1.54) is 23.4 Å². The number of carbonyl (C=O) groups excluding carboxylic acids is 1. The number of aliphatic hydroxyl groups is 1. The van der Waals surface area contributed by atoms with Gasteiger partial charge >= 0.3 is 12.2 Å². The van der Waals surface area contributed by atoms with Gasteiger partial charge < -0.3 is 10.4 Å². The molecule has 0 fully saturated rings. The van der Waals surface area contributed by atoms with E-state index in [1.807, 2.05) is 0 Å². The van der Waals surface area contributed by atoms with Crippen molar-refractivity contribution in [2.24, 2.45) is 0 Å². The lowest BCUT2D eigenvalue weighted by Crippen LogP contribution is -2.33. The number of aliphatic hydroxyl groups excluding tert-OH is 1. The van der Waals surface area contributed by atoms with Crippen molar-refractivity contribution in [3.63, 3.8) is 0 Å². The minimum atomic E-state index is -4.78. The number of benzene rings is 1. The Hall–Kier alpha value is -2.40. The number of halogens is 3. The molecule has 1 aromatic carbocycles. The molecule has 2 aliphatic rings. The monoisotopic (exact) mass is 442 g/mol. The average molecular weight is 442 g/mol. The second kappa shape index (κ2) is 8.03. The molecule has 7 nitrogen and oxygen atoms in total. The Morgan fingerprint density at radius 3 is 2.43 bits per heavy atom. The molecule has 1 heterocycles. The second-order valence-electron chi connectivity index (χ2n) is 7.49. The molecule has 30 heavy (non-hydrogen) atoms. The fourth-order valence-corrected chi connectivity index (χ4v) is 4.75. The van der Waals surface area contributed by atoms with Gasteiger partial charge in [-0.3, -0.25) is 9.40 Å². The molecule has 0 bridgehead atoms. The van der Waals surface area contributed by atoms with Crippen LogP contribution < -0.4 is 10.0 Å². The number of nitrogens with one attached hydrogen (secondary N) is 2. The summed E-state index contributed by atoms with van der Waals surface area (Å²) in [6.07, 6.45) is -0.419. The molecule has 1 aromatic heterocycles. The lowest BCUT2D eigenvalue weighted by Gasteiger charge is -2.16. The fourth-order valence-electron chi connectivity index (χ4n) is 4.07. The standard InChI is InChI=1S/C19H21F3N4O3S/c20-19(21,22)15(27)10-26-8-7-16(24-26)30(29)25-18(28)23-17-13-5-1-3-11(13)9-12-4-2-6-14(12)17/h7-9,15,27H,1-6,10H2,(H2,23,25,28). The van der Waals surface area contributed by atoms with Crippen LogP contribution in [0.15, 0.2) is 23.4 Å². The summed E-state index contributed by atoms with van der Waals surface area (Å²) in [5, 5.41) is 15.6. The van der Waals surface area contributed by atoms with Gasteiger partial charge in [0.1, 0.15) is 0 Å². The predicted octanol–water partition coefficient (Wildman–Crippen LogP) is 2.63. The smallest absolute Gasteiger partial charge is 0.382 e. The van der Waals surface area contributed by atoms with E-state index in [4.69, 9.17) is 5.11 Å². The maximum atomic E-state index is 12.5. The Labute approximate surface area is 173 Å². The third-order valence-corrected chi connectivity index (χ3v) is 6.41. The number of hydrogen-bond acceptors (Lipinski definition) is 4. The van der Waals surface area contributed by atoms with Gasteiger partial charge in [-0.05, 0) is 66.8 Å². The summed E-state index contributed by atoms with van der Waals surface area (Å²) in [5.41, 5.74) is 5.54. The first-order chi connectivity index (χ1) is 14.2. The molecule has 162 valence electrons. The number of carbonyl (C=O) groups is 1. The number of urea groups is 1. The highest BCUT2D eigenvalue weighted by Crippen LogP contribution is 2.38. The summed E-state index contributed by atoms with van der Waals surface area (Å²) in [7, 11) is -2.06. The molecule has 0 saturated heterocycles. The van der Waals surface area contributed by atoms with E-state index in [0.29, 0.717) is 0 Å². The summed E-state index contributed by atoms with van der Waals surface area (Å²) >= 11 is 0. The van der Waals surface area contributed by atoms with Crippen molar-refractivity contribution in [2.45, 2.75) is 62.4 Å². The van der Waals surface area contributed by atoms with Crippen LogP contribution in [0.4, 0.5) is 23.7 Å². The topological polar surface area (TPSA) is 96.2 Å². The van der Waals surface area contributed by atoms with Crippen LogP contribution in [0.2, 0.25) is 0 Å². The first-order valence-electron chi connectivity index (χ1n) is 9.66. The summed E-state index contributed by atoms with van der Waals surface area (Å²) in [6, 6.07) is 2.80. The highest BCUT2D eigenvalue weighted by Gasteiger charge is 2.38. The molecule has 0 spiro atoms. The van der Waals surface area contributed by atoms with E-state index in [2.05, 4.69) is 21.2 Å². The van der Waals surface area contributed by atoms with Crippen molar-refractivity contribution >= 4 is 22.7 Å². The molecule has 2 unspecified atom stereocenters. The molecular weight excluding hydrogens is 421 g/mol. The first kappa shape index (κ1) is 20.9.